The standard InChI is InChI=1S/C16H21NO3S/c1-12-10-14(21-13(12)6-3-4-9-18)15(19)17-11-16(20-2)7-5-8-16/h10,18H,4-5,7-9,11H2,1-2H3,(H,17,19). The number of methoxy groups -OCH3 is 1. The molecule has 21 heavy (non-hydrogen) atoms. The van der Waals surface area contributed by atoms with Crippen molar-refractivity contribution in [3.63, 3.8) is 0 Å². The van der Waals surface area contributed by atoms with Crippen LogP contribution in [0.15, 0.2) is 6.07 Å². The molecule has 0 saturated heterocycles. The molecule has 1 aliphatic carbocycles. The SMILES string of the molecule is COC1(CNC(=O)c2cc(C)c(C#CCCO)s2)CCC1. The highest BCUT2D eigenvalue weighted by Crippen LogP contribution is 2.34. The van der Waals surface area contributed by atoms with Crippen LogP contribution in [0.3, 0.4) is 0 Å². The molecule has 0 radical (unpaired) electrons. The number of nitrogens with one attached hydrogen (secondary N) is 1. The maximum atomic E-state index is 12.2. The molecule has 1 aliphatic rings. The molecule has 114 valence electrons. The summed E-state index contributed by atoms with van der Waals surface area (Å²) in [5.74, 6) is 5.82. The highest BCUT2D eigenvalue weighted by atomic mass is 32.1. The Morgan fingerprint density at radius 3 is 2.90 bits per heavy atom. The Morgan fingerprint density at radius 1 is 1.57 bits per heavy atom. The monoisotopic (exact) mass is 307 g/mol. The first-order valence-corrected chi connectivity index (χ1v) is 7.95. The van der Waals surface area contributed by atoms with E-state index in [4.69, 9.17) is 9.84 Å². The zero-order valence-electron chi connectivity index (χ0n) is 12.5. The minimum atomic E-state index is -0.161. The number of ether oxygens (including phenoxy) is 1. The quantitative estimate of drug-likeness (QED) is 0.819. The first-order valence-electron chi connectivity index (χ1n) is 7.14. The molecule has 1 amide bonds. The largest absolute Gasteiger partial charge is 0.395 e. The average Bonchev–Trinajstić information content (AvgIpc) is 2.80. The van der Waals surface area contributed by atoms with Crippen LogP contribution in [-0.2, 0) is 4.74 Å². The Kier molecular flexibility index (Phi) is 5.40. The summed E-state index contributed by atoms with van der Waals surface area (Å²) in [6, 6.07) is 1.86. The first kappa shape index (κ1) is 16.0. The summed E-state index contributed by atoms with van der Waals surface area (Å²) in [5.41, 5.74) is 0.840. The summed E-state index contributed by atoms with van der Waals surface area (Å²) in [6.45, 7) is 2.56. The Hall–Kier alpha value is -1.35. The van der Waals surface area contributed by atoms with Gasteiger partial charge < -0.3 is 15.2 Å². The van der Waals surface area contributed by atoms with Gasteiger partial charge in [0.25, 0.3) is 5.91 Å². The topological polar surface area (TPSA) is 58.6 Å². The molecule has 0 unspecified atom stereocenters. The molecule has 0 atom stereocenters. The number of hydrogen-bond donors (Lipinski definition) is 2. The molecule has 0 aliphatic heterocycles. The molecule has 2 N–H and O–H groups in total. The molecule has 0 aromatic carbocycles. The van der Waals surface area contributed by atoms with Gasteiger partial charge in [0.15, 0.2) is 0 Å². The van der Waals surface area contributed by atoms with E-state index in [2.05, 4.69) is 17.2 Å². The maximum Gasteiger partial charge on any atom is 0.261 e. The lowest BCUT2D eigenvalue weighted by Gasteiger charge is -2.40. The summed E-state index contributed by atoms with van der Waals surface area (Å²) < 4.78 is 5.50. The third-order valence-corrected chi connectivity index (χ3v) is 5.00. The van der Waals surface area contributed by atoms with Crippen molar-refractivity contribution < 1.29 is 14.6 Å². The molecule has 1 aromatic heterocycles. The zero-order chi connectivity index (χ0) is 15.3. The molecule has 1 aromatic rings. The first-order chi connectivity index (χ1) is 10.1. The summed E-state index contributed by atoms with van der Waals surface area (Å²) >= 11 is 1.39. The molecular weight excluding hydrogens is 286 g/mol. The maximum absolute atomic E-state index is 12.2. The molecule has 1 saturated carbocycles. The number of rotatable bonds is 5. The van der Waals surface area contributed by atoms with E-state index in [-0.39, 0.29) is 18.1 Å². The highest BCUT2D eigenvalue weighted by Gasteiger charge is 2.37. The van der Waals surface area contributed by atoms with Gasteiger partial charge in [0.2, 0.25) is 0 Å². The summed E-state index contributed by atoms with van der Waals surface area (Å²) in [4.78, 5) is 13.8. The summed E-state index contributed by atoms with van der Waals surface area (Å²) in [5, 5.41) is 11.7. The van der Waals surface area contributed by atoms with Gasteiger partial charge in [0, 0.05) is 20.1 Å². The van der Waals surface area contributed by atoms with Crippen molar-refractivity contribution in [1.29, 1.82) is 0 Å². The van der Waals surface area contributed by atoms with Gasteiger partial charge >= 0.3 is 0 Å². The van der Waals surface area contributed by atoms with E-state index in [0.29, 0.717) is 17.8 Å². The molecule has 1 heterocycles. The second-order valence-corrected chi connectivity index (χ2v) is 6.37. The lowest BCUT2D eigenvalue weighted by molar-refractivity contribution is -0.0679. The van der Waals surface area contributed by atoms with Crippen molar-refractivity contribution in [2.45, 2.75) is 38.2 Å². The third kappa shape index (κ3) is 3.85. The smallest absolute Gasteiger partial charge is 0.261 e. The Balaban J connectivity index is 1.97. The third-order valence-electron chi connectivity index (χ3n) is 3.85. The Labute approximate surface area is 129 Å². The van der Waals surface area contributed by atoms with Gasteiger partial charge in [-0.2, -0.15) is 0 Å². The van der Waals surface area contributed by atoms with Gasteiger partial charge in [-0.3, -0.25) is 4.79 Å². The van der Waals surface area contributed by atoms with Crippen LogP contribution in [0.2, 0.25) is 0 Å². The predicted molar refractivity (Wildman–Crippen MR) is 83.6 cm³/mol. The normalized spacial score (nSPS) is 15.8. The van der Waals surface area contributed by atoms with Gasteiger partial charge in [0.1, 0.15) is 0 Å². The lowest BCUT2D eigenvalue weighted by atomic mass is 9.80. The van der Waals surface area contributed by atoms with Crippen LogP contribution < -0.4 is 5.32 Å². The number of hydrogen-bond acceptors (Lipinski definition) is 4. The van der Waals surface area contributed by atoms with Gasteiger partial charge in [-0.1, -0.05) is 11.8 Å². The predicted octanol–water partition coefficient (Wildman–Crippen LogP) is 2.09. The van der Waals surface area contributed by atoms with Crippen molar-refractivity contribution in [2.24, 2.45) is 0 Å². The van der Waals surface area contributed by atoms with Crippen LogP contribution in [0.1, 0.15) is 45.8 Å². The second-order valence-electron chi connectivity index (χ2n) is 5.32. The van der Waals surface area contributed by atoms with Crippen molar-refractivity contribution in [2.75, 3.05) is 20.3 Å². The minimum absolute atomic E-state index is 0.0594. The van der Waals surface area contributed by atoms with Gasteiger partial charge in [-0.25, -0.2) is 0 Å². The van der Waals surface area contributed by atoms with Gasteiger partial charge in [-0.05, 0) is 37.8 Å². The number of carbonyl (C=O) groups excluding carboxylic acids is 1. The average molecular weight is 307 g/mol. The van der Waals surface area contributed by atoms with Crippen LogP contribution in [-0.4, -0.2) is 36.9 Å². The van der Waals surface area contributed by atoms with Crippen molar-refractivity contribution in [3.8, 4) is 11.8 Å². The fourth-order valence-corrected chi connectivity index (χ4v) is 3.23. The van der Waals surface area contributed by atoms with Gasteiger partial charge in [0.05, 0.1) is 22.0 Å². The van der Waals surface area contributed by atoms with Gasteiger partial charge in [-0.15, -0.1) is 11.3 Å². The molecular formula is C16H21NO3S. The van der Waals surface area contributed by atoms with E-state index in [1.807, 2.05) is 13.0 Å². The summed E-state index contributed by atoms with van der Waals surface area (Å²) in [6.07, 6.45) is 3.62. The summed E-state index contributed by atoms with van der Waals surface area (Å²) in [7, 11) is 1.70. The molecule has 0 spiro atoms. The van der Waals surface area contributed by atoms with E-state index < -0.39 is 0 Å². The molecule has 5 heteroatoms. The molecule has 1 fully saturated rings. The fourth-order valence-electron chi connectivity index (χ4n) is 2.27. The number of carbonyl (C=O) groups is 1. The van der Waals surface area contributed by atoms with Crippen LogP contribution in [0.5, 0.6) is 0 Å². The van der Waals surface area contributed by atoms with E-state index >= 15 is 0 Å². The van der Waals surface area contributed by atoms with E-state index in [9.17, 15) is 4.79 Å². The number of aliphatic hydroxyl groups excluding tert-OH is 1. The number of aliphatic hydroxyl groups is 1. The minimum Gasteiger partial charge on any atom is -0.395 e. The number of thiophene rings is 1. The zero-order valence-corrected chi connectivity index (χ0v) is 13.3. The Bertz CT molecular complexity index is 558. The fraction of sp³-hybridized carbons (Fsp3) is 0.562. The van der Waals surface area contributed by atoms with Crippen molar-refractivity contribution >= 4 is 17.2 Å². The number of aryl methyl sites for hydroxylation is 1. The van der Waals surface area contributed by atoms with Crippen molar-refractivity contribution in [3.05, 3.63) is 21.4 Å². The van der Waals surface area contributed by atoms with Crippen LogP contribution >= 0.6 is 11.3 Å². The second kappa shape index (κ2) is 7.08. The van der Waals surface area contributed by atoms with Crippen LogP contribution in [0.25, 0.3) is 0 Å². The number of amides is 1. The van der Waals surface area contributed by atoms with Crippen LogP contribution in [0.4, 0.5) is 0 Å². The molecule has 2 rings (SSSR count). The van der Waals surface area contributed by atoms with Crippen LogP contribution in [0, 0.1) is 18.8 Å². The lowest BCUT2D eigenvalue weighted by Crippen LogP contribution is -2.49. The Morgan fingerprint density at radius 2 is 2.33 bits per heavy atom. The van der Waals surface area contributed by atoms with E-state index in [1.54, 1.807) is 7.11 Å². The molecule has 0 bridgehead atoms. The highest BCUT2D eigenvalue weighted by molar-refractivity contribution is 7.14. The van der Waals surface area contributed by atoms with E-state index in [1.165, 1.54) is 11.3 Å². The molecule has 4 nitrogen and oxygen atoms in total. The van der Waals surface area contributed by atoms with Crippen molar-refractivity contribution in [1.82, 2.24) is 5.32 Å². The van der Waals surface area contributed by atoms with E-state index in [0.717, 1.165) is 29.7 Å².